The van der Waals surface area contributed by atoms with Crippen molar-refractivity contribution in [2.45, 2.75) is 52.1 Å². The summed E-state index contributed by atoms with van der Waals surface area (Å²) in [6.07, 6.45) is -0.273. The van der Waals surface area contributed by atoms with Crippen molar-refractivity contribution in [3.63, 3.8) is 0 Å². The van der Waals surface area contributed by atoms with Crippen LogP contribution in [0.25, 0.3) is 0 Å². The molecular formula is C69H83F4N9O23. The van der Waals surface area contributed by atoms with E-state index in [1.165, 1.54) is 24.3 Å². The van der Waals surface area contributed by atoms with E-state index in [1.54, 1.807) is 60.7 Å². The first-order valence-corrected chi connectivity index (χ1v) is 33.0. The molecule has 6 rings (SSSR count). The predicted octanol–water partition coefficient (Wildman–Crippen LogP) is 4.58. The van der Waals surface area contributed by atoms with Crippen LogP contribution in [0.5, 0.6) is 11.5 Å². The number of amides is 2. The van der Waals surface area contributed by atoms with Gasteiger partial charge in [0.25, 0.3) is 5.91 Å². The van der Waals surface area contributed by atoms with Crippen LogP contribution in [0.1, 0.15) is 89.0 Å². The number of carbonyl (C=O) groups excluding carboxylic acids is 3. The number of nitrogens with one attached hydrogen (secondary N) is 2. The highest BCUT2D eigenvalue weighted by atomic mass is 19.2. The highest BCUT2D eigenvalue weighted by molar-refractivity contribution is 5.86. The molecule has 0 radical (unpaired) electrons. The Labute approximate surface area is 600 Å². The first-order chi connectivity index (χ1) is 50.8. The highest BCUT2D eigenvalue weighted by Gasteiger charge is 2.24. The zero-order chi connectivity index (χ0) is 75.4. The van der Waals surface area contributed by atoms with Crippen LogP contribution in [0.4, 0.5) is 17.6 Å². The molecule has 0 aliphatic rings. The second-order valence-electron chi connectivity index (χ2n) is 22.2. The van der Waals surface area contributed by atoms with Gasteiger partial charge in [0.2, 0.25) is 23.3 Å². The van der Waals surface area contributed by atoms with Gasteiger partial charge in [-0.05, 0) is 48.5 Å². The van der Waals surface area contributed by atoms with Crippen LogP contribution >= 0.6 is 0 Å². The molecule has 0 fully saturated rings. The molecule has 0 saturated heterocycles. The van der Waals surface area contributed by atoms with Gasteiger partial charge in [-0.3, -0.25) is 29.2 Å². The number of hydrogen-bond acceptors (Lipinski definition) is 26. The Morgan fingerprint density at radius 3 is 0.981 bits per heavy atom. The number of benzene rings is 1. The molecule has 6 aromatic rings. The first kappa shape index (κ1) is 84.2. The average Bonchev–Trinajstić information content (AvgIpc) is 0.825. The molecule has 32 nitrogen and oxygen atoms in total. The maximum absolute atomic E-state index is 13.6. The van der Waals surface area contributed by atoms with E-state index < -0.39 is 77.8 Å². The number of aromatic carboxylic acids is 4. The third-order valence-corrected chi connectivity index (χ3v) is 14.0. The van der Waals surface area contributed by atoms with Crippen LogP contribution in [0.3, 0.4) is 0 Å². The Bertz CT molecular complexity index is 3430. The number of esters is 1. The zero-order valence-corrected chi connectivity index (χ0v) is 57.3. The fourth-order valence-electron chi connectivity index (χ4n) is 9.22. The van der Waals surface area contributed by atoms with Gasteiger partial charge in [-0.2, -0.15) is 8.78 Å². The predicted molar refractivity (Wildman–Crippen MR) is 356 cm³/mol. The van der Waals surface area contributed by atoms with Crippen LogP contribution in [0.15, 0.2) is 91.0 Å². The quantitative estimate of drug-likeness (QED) is 0.0100. The Hall–Kier alpha value is -9.70. The van der Waals surface area contributed by atoms with Crippen LogP contribution < -0.4 is 20.1 Å². The standard InChI is InChI=1S/C69H83F4N9O23/c70-54-39-55(71)64(73)65(63(54)72)105-62(85)14-18-95-22-26-99-30-34-102-33-29-98-25-21-94-17-13-60(83)74-15-19-96-23-27-100-31-35-103-36-32-101-28-24-97-20-16-75-61(84)46-104-53-37-51(44-81(40-47-5-1-9-56(77-47)66(86)87)41-48-6-2-10-57(78-48)67(88)89)76-52(38-53)45-82(42-49-7-3-11-58(79-49)68(90)91)43-50-8-4-12-59(80-50)69(92)93/h1-12,37-39H,13-36,40-46H2,(H,74,83)(H,75,84)(H,86,87)(H,88,89)(H,90,91)(H,92,93). The molecule has 5 heterocycles. The van der Waals surface area contributed by atoms with Gasteiger partial charge in [0.05, 0.1) is 173 Å². The van der Waals surface area contributed by atoms with Gasteiger partial charge in [-0.1, -0.05) is 24.3 Å². The number of aromatic nitrogens is 5. The number of rotatable bonds is 56. The monoisotopic (exact) mass is 1480 g/mol. The van der Waals surface area contributed by atoms with Crippen molar-refractivity contribution in [3.05, 3.63) is 171 Å². The van der Waals surface area contributed by atoms with Crippen LogP contribution in [0.2, 0.25) is 0 Å². The Kier molecular flexibility index (Phi) is 38.8. The average molecular weight is 1480 g/mol. The zero-order valence-electron chi connectivity index (χ0n) is 57.3. The topological polar surface area (TPSA) is 406 Å². The van der Waals surface area contributed by atoms with E-state index in [2.05, 4.69) is 35.3 Å². The number of carboxylic acid groups (broad SMARTS) is 4. The molecule has 6 N–H and O–H groups in total. The van der Waals surface area contributed by atoms with E-state index in [1.807, 2.05) is 9.80 Å². The van der Waals surface area contributed by atoms with Crippen LogP contribution in [0, 0.1) is 23.3 Å². The molecule has 36 heteroatoms. The molecule has 105 heavy (non-hydrogen) atoms. The minimum atomic E-state index is -1.82. The van der Waals surface area contributed by atoms with Gasteiger partial charge in [0, 0.05) is 77.0 Å². The molecule has 1 aromatic carbocycles. The number of nitrogens with zero attached hydrogens (tertiary/aromatic N) is 7. The van der Waals surface area contributed by atoms with E-state index in [4.69, 9.17) is 57.1 Å². The summed E-state index contributed by atoms with van der Waals surface area (Å²) in [5.41, 5.74) is 1.44. The van der Waals surface area contributed by atoms with Crippen molar-refractivity contribution < 1.29 is 128 Å². The molecule has 0 spiro atoms. The second-order valence-corrected chi connectivity index (χ2v) is 22.2. The highest BCUT2D eigenvalue weighted by Crippen LogP contribution is 2.27. The molecule has 2 amide bonds. The molecule has 570 valence electrons. The Morgan fingerprint density at radius 2 is 0.648 bits per heavy atom. The largest absolute Gasteiger partial charge is 0.484 e. The molecule has 0 unspecified atom stereocenters. The number of carbonyl (C=O) groups is 7. The lowest BCUT2D eigenvalue weighted by Crippen LogP contribution is -2.32. The normalized spacial score (nSPS) is 11.3. The third kappa shape index (κ3) is 34.2. The van der Waals surface area contributed by atoms with Crippen LogP contribution in [-0.4, -0.2) is 249 Å². The number of carboxylic acids is 4. The van der Waals surface area contributed by atoms with E-state index in [9.17, 15) is 71.5 Å². The Morgan fingerprint density at radius 1 is 0.352 bits per heavy atom. The van der Waals surface area contributed by atoms with E-state index in [0.29, 0.717) is 107 Å². The van der Waals surface area contributed by atoms with E-state index in [0.717, 1.165) is 0 Å². The van der Waals surface area contributed by atoms with Crippen molar-refractivity contribution in [3.8, 4) is 11.5 Å². The van der Waals surface area contributed by atoms with Gasteiger partial charge in [0.1, 0.15) is 28.5 Å². The van der Waals surface area contributed by atoms with Crippen LogP contribution in [-0.2, 0) is 101 Å². The van der Waals surface area contributed by atoms with Crippen molar-refractivity contribution in [2.75, 3.05) is 152 Å². The maximum Gasteiger partial charge on any atom is 0.354 e. The molecular weight excluding hydrogens is 1400 g/mol. The smallest absolute Gasteiger partial charge is 0.354 e. The SMILES string of the molecule is O=C(CCOCCOCCOCCOCCOCCC(=O)Oc1c(F)c(F)cc(F)c1F)NCCOCCOCCOCCOCCOCCNC(=O)COc1cc(CN(Cc2cccc(C(=O)O)n2)Cc2cccc(C(=O)O)n2)nc(CN(Cc2cccc(C(=O)O)n2)Cc2cccc(C(=O)O)n2)c1. The summed E-state index contributed by atoms with van der Waals surface area (Å²) < 4.78 is 119. The maximum atomic E-state index is 13.6. The fourth-order valence-corrected chi connectivity index (χ4v) is 9.22. The summed E-state index contributed by atoms with van der Waals surface area (Å²) in [5.74, 6) is -15.1. The van der Waals surface area contributed by atoms with Gasteiger partial charge < -0.3 is 87.9 Å². The lowest BCUT2D eigenvalue weighted by molar-refractivity contribution is -0.136. The first-order valence-electron chi connectivity index (χ1n) is 33.0. The number of halogens is 4. The summed E-state index contributed by atoms with van der Waals surface area (Å²) in [4.78, 5) is 110. The molecule has 5 aromatic heterocycles. The Balaban J connectivity index is 0.796. The summed E-state index contributed by atoms with van der Waals surface area (Å²) in [7, 11) is 0. The summed E-state index contributed by atoms with van der Waals surface area (Å²) in [6, 6.07) is 21.3. The lowest BCUT2D eigenvalue weighted by Gasteiger charge is -2.24. The van der Waals surface area contributed by atoms with E-state index in [-0.39, 0.29) is 159 Å². The minimum absolute atomic E-state index is 0.000355. The number of ether oxygens (including phenoxy) is 12. The van der Waals surface area contributed by atoms with Crippen molar-refractivity contribution in [1.29, 1.82) is 0 Å². The summed E-state index contributed by atoms with van der Waals surface area (Å²) in [6.45, 7) is 5.04. The molecule has 0 bridgehead atoms. The van der Waals surface area contributed by atoms with Gasteiger partial charge >= 0.3 is 29.8 Å². The number of hydrogen-bond donors (Lipinski definition) is 6. The third-order valence-electron chi connectivity index (χ3n) is 14.0. The minimum Gasteiger partial charge on any atom is -0.484 e. The van der Waals surface area contributed by atoms with Crippen molar-refractivity contribution in [1.82, 2.24) is 45.4 Å². The summed E-state index contributed by atoms with van der Waals surface area (Å²) >= 11 is 0. The molecule has 0 aliphatic heterocycles. The fraction of sp³-hybridized carbons (Fsp3) is 0.449. The molecule has 0 saturated carbocycles. The molecule has 0 atom stereocenters. The number of pyridine rings is 5. The second kappa shape index (κ2) is 48.3. The van der Waals surface area contributed by atoms with Gasteiger partial charge in [-0.15, -0.1) is 0 Å². The van der Waals surface area contributed by atoms with Gasteiger partial charge in [0.15, 0.2) is 18.2 Å². The summed E-state index contributed by atoms with van der Waals surface area (Å²) in [5, 5.41) is 44.3. The molecule has 0 aliphatic carbocycles. The van der Waals surface area contributed by atoms with Crippen molar-refractivity contribution >= 4 is 41.7 Å². The van der Waals surface area contributed by atoms with Gasteiger partial charge in [-0.25, -0.2) is 47.9 Å². The van der Waals surface area contributed by atoms with E-state index >= 15 is 0 Å². The lowest BCUT2D eigenvalue weighted by atomic mass is 10.2. The van der Waals surface area contributed by atoms with Crippen molar-refractivity contribution in [2.24, 2.45) is 0 Å².